The summed E-state index contributed by atoms with van der Waals surface area (Å²) in [4.78, 5) is 0. The number of fused-ring (bicyclic) bond motifs is 1. The summed E-state index contributed by atoms with van der Waals surface area (Å²) in [5.74, 6) is 1.60. The second-order valence-electron chi connectivity index (χ2n) is 4.57. The van der Waals surface area contributed by atoms with E-state index in [4.69, 9.17) is 14.7 Å². The second kappa shape index (κ2) is 5.54. The molecule has 0 bridgehead atoms. The Balaban J connectivity index is 1.63. The molecule has 0 saturated heterocycles. The Bertz CT molecular complexity index is 645. The number of nitrogens with one attached hydrogen (secondary N) is 1. The summed E-state index contributed by atoms with van der Waals surface area (Å²) in [5.41, 5.74) is 3.20. The summed E-state index contributed by atoms with van der Waals surface area (Å²) < 4.78 is 10.6. The maximum Gasteiger partial charge on any atom is 0.231 e. The Morgan fingerprint density at radius 2 is 1.75 bits per heavy atom. The van der Waals surface area contributed by atoms with Crippen LogP contribution in [0.5, 0.6) is 11.5 Å². The van der Waals surface area contributed by atoms with Gasteiger partial charge in [-0.2, -0.15) is 5.26 Å². The molecule has 0 radical (unpaired) electrons. The molecule has 2 aromatic rings. The molecule has 0 unspecified atom stereocenters. The first kappa shape index (κ1) is 12.4. The number of ether oxygens (including phenoxy) is 2. The predicted molar refractivity (Wildman–Crippen MR) is 75.7 cm³/mol. The molecule has 1 heterocycles. The van der Waals surface area contributed by atoms with Crippen molar-refractivity contribution in [3.8, 4) is 17.6 Å². The quantitative estimate of drug-likeness (QED) is 0.924. The zero-order valence-corrected chi connectivity index (χ0v) is 10.9. The second-order valence-corrected chi connectivity index (χ2v) is 4.57. The van der Waals surface area contributed by atoms with Gasteiger partial charge in [0.05, 0.1) is 12.5 Å². The van der Waals surface area contributed by atoms with Crippen LogP contribution in [0.1, 0.15) is 11.1 Å². The van der Waals surface area contributed by atoms with Gasteiger partial charge in [0.1, 0.15) is 0 Å². The fraction of sp³-hybridized carbons (Fsp3) is 0.188. The van der Waals surface area contributed by atoms with E-state index in [1.807, 2.05) is 42.5 Å². The molecule has 1 N–H and O–H groups in total. The van der Waals surface area contributed by atoms with Gasteiger partial charge in [0.15, 0.2) is 11.5 Å². The van der Waals surface area contributed by atoms with Crippen molar-refractivity contribution in [1.82, 2.24) is 0 Å². The Hall–Kier alpha value is -2.67. The topological polar surface area (TPSA) is 54.3 Å². The van der Waals surface area contributed by atoms with Crippen LogP contribution in [0.15, 0.2) is 42.5 Å². The molecule has 0 fully saturated rings. The van der Waals surface area contributed by atoms with Crippen LogP contribution in [-0.2, 0) is 13.0 Å². The van der Waals surface area contributed by atoms with Crippen molar-refractivity contribution in [3.05, 3.63) is 53.6 Å². The smallest absolute Gasteiger partial charge is 0.231 e. The molecule has 1 aliphatic rings. The van der Waals surface area contributed by atoms with E-state index in [-0.39, 0.29) is 0 Å². The average molecular weight is 266 g/mol. The maximum absolute atomic E-state index is 8.63. The van der Waals surface area contributed by atoms with E-state index in [0.717, 1.165) is 28.3 Å². The maximum atomic E-state index is 8.63. The molecule has 4 heteroatoms. The van der Waals surface area contributed by atoms with Crippen LogP contribution in [0.2, 0.25) is 0 Å². The largest absolute Gasteiger partial charge is 0.454 e. The van der Waals surface area contributed by atoms with Gasteiger partial charge < -0.3 is 14.8 Å². The van der Waals surface area contributed by atoms with Crippen molar-refractivity contribution in [1.29, 1.82) is 5.26 Å². The van der Waals surface area contributed by atoms with Gasteiger partial charge >= 0.3 is 0 Å². The van der Waals surface area contributed by atoms with Crippen LogP contribution >= 0.6 is 0 Å². The van der Waals surface area contributed by atoms with Crippen LogP contribution in [0.4, 0.5) is 5.69 Å². The third kappa shape index (κ3) is 2.67. The first-order chi connectivity index (χ1) is 9.85. The highest BCUT2D eigenvalue weighted by Crippen LogP contribution is 2.32. The minimum absolute atomic E-state index is 0.298. The Morgan fingerprint density at radius 1 is 1.00 bits per heavy atom. The van der Waals surface area contributed by atoms with Crippen LogP contribution in [0.3, 0.4) is 0 Å². The molecule has 100 valence electrons. The lowest BCUT2D eigenvalue weighted by Crippen LogP contribution is -1.99. The van der Waals surface area contributed by atoms with Crippen molar-refractivity contribution >= 4 is 5.69 Å². The van der Waals surface area contributed by atoms with Gasteiger partial charge in [-0.15, -0.1) is 0 Å². The molecule has 2 aromatic carbocycles. The van der Waals surface area contributed by atoms with Gasteiger partial charge in [0.25, 0.3) is 0 Å². The molecule has 0 aliphatic carbocycles. The molecule has 1 aliphatic heterocycles. The number of nitrogens with zero attached hydrogens (tertiary/aromatic N) is 1. The number of rotatable bonds is 4. The Kier molecular flexibility index (Phi) is 3.42. The SMILES string of the molecule is N#CCc1ccc(NCc2ccc3c(c2)OCO3)cc1. The minimum atomic E-state index is 0.298. The zero-order chi connectivity index (χ0) is 13.8. The molecule has 0 amide bonds. The first-order valence-corrected chi connectivity index (χ1v) is 6.43. The van der Waals surface area contributed by atoms with E-state index in [1.165, 1.54) is 0 Å². The highest BCUT2D eigenvalue weighted by molar-refractivity contribution is 5.48. The summed E-state index contributed by atoms with van der Waals surface area (Å²) in [6.45, 7) is 1.01. The van der Waals surface area contributed by atoms with E-state index in [1.54, 1.807) is 0 Å². The van der Waals surface area contributed by atoms with Gasteiger partial charge in [0, 0.05) is 12.2 Å². The highest BCUT2D eigenvalue weighted by atomic mass is 16.7. The molecule has 0 atom stereocenters. The van der Waals surface area contributed by atoms with Crippen molar-refractivity contribution < 1.29 is 9.47 Å². The zero-order valence-electron chi connectivity index (χ0n) is 10.9. The predicted octanol–water partition coefficient (Wildman–Crippen LogP) is 3.09. The molecule has 4 nitrogen and oxygen atoms in total. The van der Waals surface area contributed by atoms with E-state index in [2.05, 4.69) is 11.4 Å². The minimum Gasteiger partial charge on any atom is -0.454 e. The summed E-state index contributed by atoms with van der Waals surface area (Å²) in [6.07, 6.45) is 0.447. The lowest BCUT2D eigenvalue weighted by molar-refractivity contribution is 0.174. The van der Waals surface area contributed by atoms with Crippen molar-refractivity contribution in [2.75, 3.05) is 12.1 Å². The lowest BCUT2D eigenvalue weighted by atomic mass is 10.1. The summed E-state index contributed by atoms with van der Waals surface area (Å²) in [5, 5.41) is 12.0. The van der Waals surface area contributed by atoms with Gasteiger partial charge in [-0.05, 0) is 35.4 Å². The van der Waals surface area contributed by atoms with Crippen molar-refractivity contribution in [2.24, 2.45) is 0 Å². The van der Waals surface area contributed by atoms with Gasteiger partial charge in [-0.1, -0.05) is 18.2 Å². The van der Waals surface area contributed by atoms with Crippen LogP contribution < -0.4 is 14.8 Å². The highest BCUT2D eigenvalue weighted by Gasteiger charge is 2.12. The fourth-order valence-corrected chi connectivity index (χ4v) is 2.09. The first-order valence-electron chi connectivity index (χ1n) is 6.43. The van der Waals surface area contributed by atoms with Crippen LogP contribution in [0.25, 0.3) is 0 Å². The summed E-state index contributed by atoms with van der Waals surface area (Å²) in [7, 11) is 0. The number of nitriles is 1. The summed E-state index contributed by atoms with van der Waals surface area (Å²) >= 11 is 0. The molecule has 3 rings (SSSR count). The van der Waals surface area contributed by atoms with Crippen LogP contribution in [0, 0.1) is 11.3 Å². The van der Waals surface area contributed by atoms with Gasteiger partial charge in [-0.3, -0.25) is 0 Å². The summed E-state index contributed by atoms with van der Waals surface area (Å²) in [6, 6.07) is 16.0. The van der Waals surface area contributed by atoms with Gasteiger partial charge in [0.2, 0.25) is 6.79 Å². The molecule has 20 heavy (non-hydrogen) atoms. The normalized spacial score (nSPS) is 11.9. The molecular formula is C16H14N2O2. The third-order valence-electron chi connectivity index (χ3n) is 3.17. The van der Waals surface area contributed by atoms with E-state index in [0.29, 0.717) is 19.8 Å². The van der Waals surface area contributed by atoms with Gasteiger partial charge in [-0.25, -0.2) is 0 Å². The van der Waals surface area contributed by atoms with Crippen molar-refractivity contribution in [3.63, 3.8) is 0 Å². The molecular weight excluding hydrogens is 252 g/mol. The number of anilines is 1. The molecule has 0 spiro atoms. The molecule has 0 saturated carbocycles. The number of benzene rings is 2. The third-order valence-corrected chi connectivity index (χ3v) is 3.17. The van der Waals surface area contributed by atoms with Crippen LogP contribution in [-0.4, -0.2) is 6.79 Å². The van der Waals surface area contributed by atoms with Crippen molar-refractivity contribution in [2.45, 2.75) is 13.0 Å². The Morgan fingerprint density at radius 3 is 2.55 bits per heavy atom. The average Bonchev–Trinajstić information content (AvgIpc) is 2.94. The number of hydrogen-bond acceptors (Lipinski definition) is 4. The van der Waals surface area contributed by atoms with E-state index < -0.39 is 0 Å². The number of hydrogen-bond donors (Lipinski definition) is 1. The molecule has 0 aromatic heterocycles. The fourth-order valence-electron chi connectivity index (χ4n) is 2.09. The lowest BCUT2D eigenvalue weighted by Gasteiger charge is -2.07. The van der Waals surface area contributed by atoms with E-state index >= 15 is 0 Å². The standard InChI is InChI=1S/C16H14N2O2/c17-8-7-12-1-4-14(5-2-12)18-10-13-3-6-15-16(9-13)20-11-19-15/h1-6,9,18H,7,10-11H2. The van der Waals surface area contributed by atoms with E-state index in [9.17, 15) is 0 Å². The monoisotopic (exact) mass is 266 g/mol. The Labute approximate surface area is 117 Å².